The number of rotatable bonds is 7. The van der Waals surface area contributed by atoms with E-state index < -0.39 is 0 Å². The van der Waals surface area contributed by atoms with E-state index in [4.69, 9.17) is 4.74 Å². The first-order chi connectivity index (χ1) is 8.63. The summed E-state index contributed by atoms with van der Waals surface area (Å²) in [4.78, 5) is 22.9. The van der Waals surface area contributed by atoms with E-state index in [0.717, 1.165) is 12.8 Å². The predicted octanol–water partition coefficient (Wildman–Crippen LogP) is 0.976. The van der Waals surface area contributed by atoms with Crippen LogP contribution in [0.25, 0.3) is 0 Å². The fraction of sp³-hybridized carbons (Fsp3) is 0.846. The summed E-state index contributed by atoms with van der Waals surface area (Å²) in [7, 11) is 0. The third-order valence-corrected chi connectivity index (χ3v) is 3.18. The van der Waals surface area contributed by atoms with Crippen LogP contribution in [0, 0.1) is 0 Å². The van der Waals surface area contributed by atoms with E-state index in [-0.39, 0.29) is 17.9 Å². The molecule has 5 heteroatoms. The number of carbonyl (C=O) groups excluding carboxylic acids is 2. The lowest BCUT2D eigenvalue weighted by Gasteiger charge is -2.17. The van der Waals surface area contributed by atoms with Crippen molar-refractivity contribution in [3.63, 3.8) is 0 Å². The van der Waals surface area contributed by atoms with E-state index in [0.29, 0.717) is 25.6 Å². The van der Waals surface area contributed by atoms with Gasteiger partial charge in [-0.1, -0.05) is 12.8 Å². The van der Waals surface area contributed by atoms with Crippen LogP contribution >= 0.6 is 0 Å². The Morgan fingerprint density at radius 2 is 2.00 bits per heavy atom. The molecule has 1 atom stereocenters. The zero-order valence-corrected chi connectivity index (χ0v) is 11.3. The number of nitrogens with one attached hydrogen (secondary N) is 2. The molecule has 18 heavy (non-hydrogen) atoms. The molecule has 1 aliphatic rings. The summed E-state index contributed by atoms with van der Waals surface area (Å²) in [5.74, 6) is -0.209. The summed E-state index contributed by atoms with van der Waals surface area (Å²) >= 11 is 0. The smallest absolute Gasteiger partial charge is 0.307 e. The molecule has 0 radical (unpaired) electrons. The molecular formula is C13H24N2O3. The average molecular weight is 256 g/mol. The van der Waals surface area contributed by atoms with Crippen LogP contribution in [0.4, 0.5) is 0 Å². The summed E-state index contributed by atoms with van der Waals surface area (Å²) in [6, 6.07) is 0.0758. The lowest BCUT2D eigenvalue weighted by Crippen LogP contribution is -2.46. The standard InChI is InChI=1S/C13H24N2O3/c1-3-18-12(16)8-9-14-10(2)13(17)15-11-6-4-5-7-11/h10-11,14H,3-9H2,1-2H3,(H,15,17). The Labute approximate surface area is 109 Å². The Bertz CT molecular complexity index is 275. The normalized spacial score (nSPS) is 17.4. The molecule has 1 rings (SSSR count). The minimum absolute atomic E-state index is 0.0192. The lowest BCUT2D eigenvalue weighted by molar-refractivity contribution is -0.143. The SMILES string of the molecule is CCOC(=O)CCNC(C)C(=O)NC1CCCC1. The van der Waals surface area contributed by atoms with Gasteiger partial charge in [-0.25, -0.2) is 0 Å². The van der Waals surface area contributed by atoms with Gasteiger partial charge in [0, 0.05) is 12.6 Å². The van der Waals surface area contributed by atoms with E-state index in [1.165, 1.54) is 12.8 Å². The first-order valence-corrected chi connectivity index (χ1v) is 6.83. The van der Waals surface area contributed by atoms with Crippen LogP contribution in [0.2, 0.25) is 0 Å². The van der Waals surface area contributed by atoms with Crippen LogP contribution in [0.1, 0.15) is 46.0 Å². The number of ether oxygens (including phenoxy) is 1. The number of esters is 1. The average Bonchev–Trinajstić information content (AvgIpc) is 2.82. The van der Waals surface area contributed by atoms with Crippen molar-refractivity contribution in [2.24, 2.45) is 0 Å². The third-order valence-electron chi connectivity index (χ3n) is 3.18. The number of hydrogen-bond acceptors (Lipinski definition) is 4. The number of carbonyl (C=O) groups is 2. The summed E-state index contributed by atoms with van der Waals surface area (Å²) in [6.07, 6.45) is 4.88. The van der Waals surface area contributed by atoms with Gasteiger partial charge < -0.3 is 15.4 Å². The lowest BCUT2D eigenvalue weighted by atomic mass is 10.2. The van der Waals surface area contributed by atoms with Crippen molar-refractivity contribution in [3.05, 3.63) is 0 Å². The summed E-state index contributed by atoms with van der Waals surface area (Å²) in [5, 5.41) is 6.06. The highest BCUT2D eigenvalue weighted by Crippen LogP contribution is 2.17. The fourth-order valence-corrected chi connectivity index (χ4v) is 2.11. The Kier molecular flexibility index (Phi) is 6.72. The highest BCUT2D eigenvalue weighted by Gasteiger charge is 2.20. The van der Waals surface area contributed by atoms with Crippen LogP contribution < -0.4 is 10.6 Å². The first-order valence-electron chi connectivity index (χ1n) is 6.83. The van der Waals surface area contributed by atoms with Crippen molar-refractivity contribution in [1.29, 1.82) is 0 Å². The molecule has 104 valence electrons. The Morgan fingerprint density at radius 3 is 2.61 bits per heavy atom. The molecule has 1 unspecified atom stereocenters. The Hall–Kier alpha value is -1.10. The second-order valence-electron chi connectivity index (χ2n) is 4.72. The molecule has 0 spiro atoms. The molecule has 1 amide bonds. The van der Waals surface area contributed by atoms with Gasteiger partial charge in [-0.05, 0) is 26.7 Å². The van der Waals surface area contributed by atoms with Crippen molar-refractivity contribution >= 4 is 11.9 Å². The molecule has 0 bridgehead atoms. The van der Waals surface area contributed by atoms with Crippen LogP contribution in [0.5, 0.6) is 0 Å². The Balaban J connectivity index is 2.13. The molecule has 2 N–H and O–H groups in total. The van der Waals surface area contributed by atoms with Crippen molar-refractivity contribution in [2.75, 3.05) is 13.2 Å². The van der Waals surface area contributed by atoms with E-state index in [1.807, 2.05) is 6.92 Å². The molecule has 0 aromatic carbocycles. The van der Waals surface area contributed by atoms with Crippen molar-refractivity contribution in [1.82, 2.24) is 10.6 Å². The van der Waals surface area contributed by atoms with Gasteiger partial charge in [0.25, 0.3) is 0 Å². The van der Waals surface area contributed by atoms with Gasteiger partial charge in [0.2, 0.25) is 5.91 Å². The van der Waals surface area contributed by atoms with Gasteiger partial charge in [-0.3, -0.25) is 9.59 Å². The topological polar surface area (TPSA) is 67.4 Å². The zero-order valence-electron chi connectivity index (χ0n) is 11.3. The minimum atomic E-state index is -0.264. The molecule has 1 saturated carbocycles. The third kappa shape index (κ3) is 5.49. The predicted molar refractivity (Wildman–Crippen MR) is 69.1 cm³/mol. The molecule has 1 aliphatic carbocycles. The van der Waals surface area contributed by atoms with Gasteiger partial charge in [-0.15, -0.1) is 0 Å². The summed E-state index contributed by atoms with van der Waals surface area (Å²) in [5.41, 5.74) is 0. The van der Waals surface area contributed by atoms with Crippen molar-refractivity contribution in [2.45, 2.75) is 58.0 Å². The van der Waals surface area contributed by atoms with E-state index in [9.17, 15) is 9.59 Å². The van der Waals surface area contributed by atoms with Gasteiger partial charge >= 0.3 is 5.97 Å². The second-order valence-corrected chi connectivity index (χ2v) is 4.72. The molecule has 0 aliphatic heterocycles. The van der Waals surface area contributed by atoms with Crippen LogP contribution in [-0.2, 0) is 14.3 Å². The van der Waals surface area contributed by atoms with Crippen LogP contribution in [0.15, 0.2) is 0 Å². The number of hydrogen-bond donors (Lipinski definition) is 2. The van der Waals surface area contributed by atoms with Crippen LogP contribution in [-0.4, -0.2) is 37.1 Å². The summed E-state index contributed by atoms with van der Waals surface area (Å²) in [6.45, 7) is 4.47. The maximum Gasteiger partial charge on any atom is 0.307 e. The Morgan fingerprint density at radius 1 is 1.33 bits per heavy atom. The maximum absolute atomic E-state index is 11.8. The monoisotopic (exact) mass is 256 g/mol. The molecule has 0 aromatic rings. The van der Waals surface area contributed by atoms with Crippen molar-refractivity contribution < 1.29 is 14.3 Å². The highest BCUT2D eigenvalue weighted by atomic mass is 16.5. The molecule has 1 fully saturated rings. The molecule has 0 saturated heterocycles. The maximum atomic E-state index is 11.8. The molecular weight excluding hydrogens is 232 g/mol. The van der Waals surface area contributed by atoms with E-state index in [1.54, 1.807) is 6.92 Å². The van der Waals surface area contributed by atoms with E-state index >= 15 is 0 Å². The molecule has 0 aromatic heterocycles. The largest absolute Gasteiger partial charge is 0.466 e. The number of amides is 1. The highest BCUT2D eigenvalue weighted by molar-refractivity contribution is 5.81. The summed E-state index contributed by atoms with van der Waals surface area (Å²) < 4.78 is 4.81. The van der Waals surface area contributed by atoms with Crippen LogP contribution in [0.3, 0.4) is 0 Å². The van der Waals surface area contributed by atoms with Gasteiger partial charge in [0.1, 0.15) is 0 Å². The van der Waals surface area contributed by atoms with Gasteiger partial charge in [0.05, 0.1) is 19.1 Å². The quantitative estimate of drug-likeness (QED) is 0.666. The zero-order chi connectivity index (χ0) is 13.4. The molecule has 0 heterocycles. The van der Waals surface area contributed by atoms with Crippen molar-refractivity contribution in [3.8, 4) is 0 Å². The van der Waals surface area contributed by atoms with Gasteiger partial charge in [-0.2, -0.15) is 0 Å². The first kappa shape index (κ1) is 15.0. The molecule has 5 nitrogen and oxygen atoms in total. The van der Waals surface area contributed by atoms with Gasteiger partial charge in [0.15, 0.2) is 0 Å². The fourth-order valence-electron chi connectivity index (χ4n) is 2.11. The second kappa shape index (κ2) is 8.08. The minimum Gasteiger partial charge on any atom is -0.466 e. The van der Waals surface area contributed by atoms with E-state index in [2.05, 4.69) is 10.6 Å².